The number of piperidine rings is 1. The number of benzene rings is 1. The largest absolute Gasteiger partial charge is 0.489 e. The molecule has 1 N–H and O–H groups in total. The Bertz CT molecular complexity index is 1370. The van der Waals surface area contributed by atoms with Crippen molar-refractivity contribution in [2.75, 3.05) is 33.7 Å². The van der Waals surface area contributed by atoms with Gasteiger partial charge in [-0.15, -0.1) is 0 Å². The number of aromatic amines is 1. The average Bonchev–Trinajstić information content (AvgIpc) is 3.44. The van der Waals surface area contributed by atoms with Crippen molar-refractivity contribution in [2.24, 2.45) is 0 Å². The number of carbonyl (C=O) groups is 1. The number of H-pyrrole nitrogens is 1. The van der Waals surface area contributed by atoms with Crippen molar-refractivity contribution in [1.29, 1.82) is 0 Å². The van der Waals surface area contributed by atoms with E-state index in [9.17, 15) is 4.79 Å². The van der Waals surface area contributed by atoms with E-state index in [4.69, 9.17) is 4.74 Å². The second-order valence-electron chi connectivity index (χ2n) is 10.1. The summed E-state index contributed by atoms with van der Waals surface area (Å²) in [5, 5.41) is 5.53. The van der Waals surface area contributed by atoms with Gasteiger partial charge in [0.1, 0.15) is 18.2 Å². The molecule has 0 radical (unpaired) electrons. The van der Waals surface area contributed by atoms with Crippen molar-refractivity contribution >= 4 is 22.5 Å². The minimum Gasteiger partial charge on any atom is -0.489 e. The van der Waals surface area contributed by atoms with Gasteiger partial charge in [0, 0.05) is 43.3 Å². The average molecular weight is 475 g/mol. The fraction of sp³-hybridized carbons (Fsp3) is 0.444. The van der Waals surface area contributed by atoms with Crippen LogP contribution in [0, 0.1) is 6.92 Å². The Morgan fingerprint density at radius 2 is 2.11 bits per heavy atom. The quantitative estimate of drug-likeness (QED) is 0.452. The van der Waals surface area contributed by atoms with Gasteiger partial charge in [0.2, 0.25) is 5.91 Å². The first-order valence-electron chi connectivity index (χ1n) is 12.3. The molecule has 8 heteroatoms. The summed E-state index contributed by atoms with van der Waals surface area (Å²) < 4.78 is 8.29. The summed E-state index contributed by atoms with van der Waals surface area (Å²) in [5.41, 5.74) is 6.53. The van der Waals surface area contributed by atoms with E-state index < -0.39 is 0 Å². The Labute approximate surface area is 205 Å². The lowest BCUT2D eigenvalue weighted by Crippen LogP contribution is -2.45. The summed E-state index contributed by atoms with van der Waals surface area (Å²) >= 11 is 0. The van der Waals surface area contributed by atoms with Crippen molar-refractivity contribution in [1.82, 2.24) is 29.4 Å². The van der Waals surface area contributed by atoms with Crippen LogP contribution in [0.5, 0.6) is 5.75 Å². The summed E-state index contributed by atoms with van der Waals surface area (Å²) in [6.45, 7) is 8.66. The minimum atomic E-state index is 0.0782. The van der Waals surface area contributed by atoms with Gasteiger partial charge < -0.3 is 14.6 Å². The van der Waals surface area contributed by atoms with E-state index in [2.05, 4.69) is 58.9 Å². The Hall–Kier alpha value is -3.39. The smallest absolute Gasteiger partial charge is 0.236 e. The number of nitrogens with one attached hydrogen (secondary N) is 1. The Balaban J connectivity index is 1.44. The Morgan fingerprint density at radius 1 is 1.29 bits per heavy atom. The van der Waals surface area contributed by atoms with E-state index in [1.54, 1.807) is 25.3 Å². The number of aromatic nitrogens is 4. The Morgan fingerprint density at radius 3 is 2.89 bits per heavy atom. The maximum atomic E-state index is 12.2. The first kappa shape index (κ1) is 23.4. The SMILES string of the molecule is Cc1cc(-c2[nH]c3ccc(OC4CCCN(CC(=O)N(C)C)C4)cc3c2C(C)C)cn2ncnc12. The standard InChI is InChI=1S/C27H34N6O2/c1-17(2)25-22-12-20(35-21-7-6-10-32(14-21)15-24(34)31(4)5)8-9-23(22)30-26(25)19-11-18(3)27-28-16-29-33(27)13-19/h8-9,11-13,16-17,21,30H,6-7,10,14-15H2,1-5H3. The van der Waals surface area contributed by atoms with E-state index in [-0.39, 0.29) is 12.0 Å². The fourth-order valence-electron chi connectivity index (χ4n) is 5.10. The molecule has 1 aliphatic rings. The predicted octanol–water partition coefficient (Wildman–Crippen LogP) is 4.24. The lowest BCUT2D eigenvalue weighted by molar-refractivity contribution is -0.130. The maximum Gasteiger partial charge on any atom is 0.236 e. The van der Waals surface area contributed by atoms with Crippen LogP contribution in [-0.4, -0.2) is 75.1 Å². The van der Waals surface area contributed by atoms with E-state index >= 15 is 0 Å². The topological polar surface area (TPSA) is 78.8 Å². The van der Waals surface area contributed by atoms with Crippen molar-refractivity contribution < 1.29 is 9.53 Å². The van der Waals surface area contributed by atoms with Gasteiger partial charge >= 0.3 is 0 Å². The van der Waals surface area contributed by atoms with Crippen molar-refractivity contribution in [3.05, 3.63) is 47.9 Å². The number of amides is 1. The highest BCUT2D eigenvalue weighted by Crippen LogP contribution is 2.37. The van der Waals surface area contributed by atoms with Crippen LogP contribution in [0.1, 0.15) is 43.7 Å². The van der Waals surface area contributed by atoms with Crippen molar-refractivity contribution in [3.63, 3.8) is 0 Å². The summed E-state index contributed by atoms with van der Waals surface area (Å²) in [7, 11) is 3.61. The van der Waals surface area contributed by atoms with Crippen LogP contribution in [0.15, 0.2) is 36.8 Å². The third-order valence-corrected chi connectivity index (χ3v) is 6.86. The third-order valence-electron chi connectivity index (χ3n) is 6.86. The highest BCUT2D eigenvalue weighted by molar-refractivity contribution is 5.92. The Kier molecular flexibility index (Phi) is 6.23. The molecule has 8 nitrogen and oxygen atoms in total. The third kappa shape index (κ3) is 4.62. The molecule has 184 valence electrons. The van der Waals surface area contributed by atoms with E-state index in [1.165, 1.54) is 10.9 Å². The molecule has 5 rings (SSSR count). The van der Waals surface area contributed by atoms with E-state index in [1.807, 2.05) is 16.8 Å². The van der Waals surface area contributed by atoms with Gasteiger partial charge in [-0.25, -0.2) is 9.50 Å². The molecule has 35 heavy (non-hydrogen) atoms. The van der Waals surface area contributed by atoms with Gasteiger partial charge in [-0.1, -0.05) is 13.8 Å². The molecule has 1 saturated heterocycles. The van der Waals surface area contributed by atoms with Crippen LogP contribution in [0.3, 0.4) is 0 Å². The molecule has 1 fully saturated rings. The molecule has 0 aliphatic carbocycles. The van der Waals surface area contributed by atoms with Gasteiger partial charge in [0.05, 0.1) is 12.2 Å². The number of nitrogens with zero attached hydrogens (tertiary/aromatic N) is 5. The second-order valence-corrected chi connectivity index (χ2v) is 10.1. The van der Waals surface area contributed by atoms with Gasteiger partial charge in [-0.3, -0.25) is 9.69 Å². The van der Waals surface area contributed by atoms with Crippen molar-refractivity contribution in [2.45, 2.75) is 45.6 Å². The number of likely N-dealkylation sites (N-methyl/N-ethyl adjacent to an activating group) is 1. The first-order chi connectivity index (χ1) is 16.8. The van der Waals surface area contributed by atoms with Crippen LogP contribution in [0.4, 0.5) is 0 Å². The van der Waals surface area contributed by atoms with Gasteiger partial charge in [-0.05, 0) is 67.6 Å². The summed E-state index contributed by atoms with van der Waals surface area (Å²) in [6.07, 6.45) is 5.73. The van der Waals surface area contributed by atoms with Crippen LogP contribution in [0.25, 0.3) is 27.8 Å². The minimum absolute atomic E-state index is 0.0782. The van der Waals surface area contributed by atoms with Crippen molar-refractivity contribution in [3.8, 4) is 17.0 Å². The number of aryl methyl sites for hydroxylation is 1. The van der Waals surface area contributed by atoms with E-state index in [0.29, 0.717) is 12.5 Å². The number of hydrogen-bond donors (Lipinski definition) is 1. The summed E-state index contributed by atoms with van der Waals surface area (Å²) in [6, 6.07) is 8.48. The summed E-state index contributed by atoms with van der Waals surface area (Å²) in [4.78, 5) is 24.0. The number of carbonyl (C=O) groups excluding carboxylic acids is 1. The molecule has 1 atom stereocenters. The zero-order valence-electron chi connectivity index (χ0n) is 21.2. The number of fused-ring (bicyclic) bond motifs is 2. The number of ether oxygens (including phenoxy) is 1. The van der Waals surface area contributed by atoms with E-state index in [0.717, 1.165) is 59.7 Å². The molecule has 4 heterocycles. The number of likely N-dealkylation sites (tertiary alicyclic amines) is 1. The molecule has 3 aromatic heterocycles. The molecule has 1 aromatic carbocycles. The molecule has 0 saturated carbocycles. The zero-order valence-corrected chi connectivity index (χ0v) is 21.2. The zero-order chi connectivity index (χ0) is 24.7. The van der Waals surface area contributed by atoms with Gasteiger partial charge in [0.15, 0.2) is 5.65 Å². The molecule has 0 bridgehead atoms. The molecular weight excluding hydrogens is 440 g/mol. The summed E-state index contributed by atoms with van der Waals surface area (Å²) in [5.74, 6) is 1.33. The van der Waals surface area contributed by atoms with Crippen LogP contribution < -0.4 is 4.74 Å². The molecule has 0 spiro atoms. The highest BCUT2D eigenvalue weighted by atomic mass is 16.5. The second kappa shape index (κ2) is 9.34. The maximum absolute atomic E-state index is 12.2. The van der Waals surface area contributed by atoms with Crippen LogP contribution >= 0.6 is 0 Å². The molecule has 1 unspecified atom stereocenters. The van der Waals surface area contributed by atoms with Gasteiger partial charge in [-0.2, -0.15) is 5.10 Å². The van der Waals surface area contributed by atoms with Crippen LogP contribution in [0.2, 0.25) is 0 Å². The molecule has 1 aliphatic heterocycles. The van der Waals surface area contributed by atoms with Crippen LogP contribution in [-0.2, 0) is 4.79 Å². The monoisotopic (exact) mass is 474 g/mol. The lowest BCUT2D eigenvalue weighted by atomic mass is 9.96. The normalized spacial score (nSPS) is 16.9. The fourth-order valence-corrected chi connectivity index (χ4v) is 5.10. The van der Waals surface area contributed by atoms with Gasteiger partial charge in [0.25, 0.3) is 0 Å². The highest BCUT2D eigenvalue weighted by Gasteiger charge is 2.24. The number of pyridine rings is 1. The number of rotatable bonds is 6. The lowest BCUT2D eigenvalue weighted by Gasteiger charge is -2.33. The first-order valence-corrected chi connectivity index (χ1v) is 12.3. The molecule has 1 amide bonds. The predicted molar refractivity (Wildman–Crippen MR) is 138 cm³/mol. The molecular formula is C27H34N6O2. The molecule has 4 aromatic rings. The number of hydrogen-bond acceptors (Lipinski definition) is 5.